The van der Waals surface area contributed by atoms with Gasteiger partial charge in [0.05, 0.1) is 12.2 Å². The van der Waals surface area contributed by atoms with Crippen LogP contribution >= 0.6 is 0 Å². The molecule has 1 aliphatic heterocycles. The van der Waals surface area contributed by atoms with Crippen LogP contribution in [0.25, 0.3) is 0 Å². The molecule has 0 radical (unpaired) electrons. The van der Waals surface area contributed by atoms with Crippen LogP contribution in [-0.2, 0) is 4.74 Å². The predicted octanol–water partition coefficient (Wildman–Crippen LogP) is 5.57. The highest BCUT2D eigenvalue weighted by Gasteiger charge is 2.79. The molecule has 5 rings (SSSR count). The molecule has 2 N–H and O–H groups in total. The van der Waals surface area contributed by atoms with Gasteiger partial charge in [0.2, 0.25) is 0 Å². The van der Waals surface area contributed by atoms with Crippen molar-refractivity contribution in [1.29, 1.82) is 0 Å². The number of hydrogen-bond donors (Lipinski definition) is 2. The highest BCUT2D eigenvalue weighted by Crippen LogP contribution is 2.73. The third-order valence-electron chi connectivity index (χ3n) is 11.3. The normalized spacial score (nSPS) is 55.4. The van der Waals surface area contributed by atoms with Gasteiger partial charge in [0.15, 0.2) is 0 Å². The second kappa shape index (κ2) is 7.19. The minimum atomic E-state index is -0.443. The number of hydrogen-bond acceptors (Lipinski definition) is 3. The van der Waals surface area contributed by atoms with Gasteiger partial charge >= 0.3 is 0 Å². The third-order valence-corrected chi connectivity index (χ3v) is 11.3. The molecule has 0 bridgehead atoms. The largest absolute Gasteiger partial charge is 0.390 e. The number of fused-ring (bicyclic) bond motifs is 4. The smallest absolute Gasteiger partial charge is 0.129 e. The molecule has 0 amide bonds. The van der Waals surface area contributed by atoms with E-state index in [1.807, 2.05) is 0 Å². The van der Waals surface area contributed by atoms with E-state index in [9.17, 15) is 10.2 Å². The summed E-state index contributed by atoms with van der Waals surface area (Å²) in [5, 5.41) is 21.8. The van der Waals surface area contributed by atoms with Gasteiger partial charge in [-0.3, -0.25) is 0 Å². The topological polar surface area (TPSA) is 53.0 Å². The molecule has 3 heteroatoms. The molecule has 1 spiro atoms. The Hall–Kier alpha value is -0.120. The average molecular weight is 419 g/mol. The first-order valence-electron chi connectivity index (χ1n) is 13.2. The van der Waals surface area contributed by atoms with Crippen molar-refractivity contribution < 1.29 is 14.9 Å². The Bertz CT molecular complexity index is 662. The van der Waals surface area contributed by atoms with Crippen LogP contribution in [0.3, 0.4) is 0 Å². The Morgan fingerprint density at radius 1 is 0.933 bits per heavy atom. The monoisotopic (exact) mass is 418 g/mol. The van der Waals surface area contributed by atoms with Crippen LogP contribution in [-0.4, -0.2) is 34.1 Å². The SMILES string of the molecule is CC(C)CCC[C@@H](C)[C@H]1CC[C@H]2[C@@H]3C[C@@H](O)[C@@]45O[C@@H]4[C@H](O)CC[C@]5(C)[C@H]3CC[C@]12C. The fraction of sp³-hybridized carbons (Fsp3) is 1.00. The van der Waals surface area contributed by atoms with E-state index in [0.29, 0.717) is 17.3 Å². The average Bonchev–Trinajstić information content (AvgIpc) is 3.36. The van der Waals surface area contributed by atoms with E-state index in [1.54, 1.807) is 0 Å². The number of epoxide rings is 1. The number of aliphatic hydroxyl groups excluding tert-OH is 2. The summed E-state index contributed by atoms with van der Waals surface area (Å²) in [4.78, 5) is 0. The third kappa shape index (κ3) is 2.80. The van der Waals surface area contributed by atoms with E-state index >= 15 is 0 Å². The highest BCUT2D eigenvalue weighted by atomic mass is 16.6. The van der Waals surface area contributed by atoms with Gasteiger partial charge < -0.3 is 14.9 Å². The molecule has 11 atom stereocenters. The maximum atomic E-state index is 11.3. The molecule has 5 fully saturated rings. The molecule has 0 unspecified atom stereocenters. The zero-order valence-electron chi connectivity index (χ0n) is 20.1. The van der Waals surface area contributed by atoms with Gasteiger partial charge in [-0.05, 0) is 85.9 Å². The molecule has 0 aromatic heterocycles. The molecular weight excluding hydrogens is 372 g/mol. The van der Waals surface area contributed by atoms with Crippen molar-refractivity contribution >= 4 is 0 Å². The fourth-order valence-electron chi connectivity index (χ4n) is 9.78. The molecule has 5 aliphatic rings. The lowest BCUT2D eigenvalue weighted by Crippen LogP contribution is -2.63. The standard InChI is InChI=1S/C27H46O3/c1-16(2)7-6-8-17(3)19-9-10-20-18-15-23(29)27-24(30-27)22(28)12-14-26(27,5)21(18)11-13-25(19,20)4/h16-24,28-29H,6-15H2,1-5H3/t17-,18+,19-,20+,21+,22-,23-,24-,25-,26-,27-/m1/s1. The van der Waals surface area contributed by atoms with E-state index in [4.69, 9.17) is 4.74 Å². The van der Waals surface area contributed by atoms with E-state index < -0.39 is 11.7 Å². The minimum absolute atomic E-state index is 0.0432. The van der Waals surface area contributed by atoms with Gasteiger partial charge in [0.25, 0.3) is 0 Å². The Morgan fingerprint density at radius 2 is 1.70 bits per heavy atom. The first-order valence-corrected chi connectivity index (χ1v) is 13.2. The summed E-state index contributed by atoms with van der Waals surface area (Å²) >= 11 is 0. The van der Waals surface area contributed by atoms with Gasteiger partial charge in [-0.2, -0.15) is 0 Å². The number of rotatable bonds is 5. The van der Waals surface area contributed by atoms with Crippen molar-refractivity contribution in [3.05, 3.63) is 0 Å². The fourth-order valence-corrected chi connectivity index (χ4v) is 9.78. The first kappa shape index (κ1) is 21.7. The van der Waals surface area contributed by atoms with Crippen molar-refractivity contribution in [2.75, 3.05) is 0 Å². The van der Waals surface area contributed by atoms with Crippen LogP contribution in [0.15, 0.2) is 0 Å². The summed E-state index contributed by atoms with van der Waals surface area (Å²) in [6.45, 7) is 12.2. The van der Waals surface area contributed by atoms with Crippen LogP contribution in [0.1, 0.15) is 98.8 Å². The van der Waals surface area contributed by atoms with Gasteiger partial charge in [0.1, 0.15) is 11.7 Å². The lowest BCUT2D eigenvalue weighted by molar-refractivity contribution is -0.165. The number of aliphatic hydroxyl groups is 2. The second-order valence-corrected chi connectivity index (χ2v) is 13.0. The van der Waals surface area contributed by atoms with Crippen LogP contribution in [0.5, 0.6) is 0 Å². The first-order chi connectivity index (χ1) is 14.1. The van der Waals surface area contributed by atoms with Gasteiger partial charge in [-0.15, -0.1) is 0 Å². The van der Waals surface area contributed by atoms with E-state index in [2.05, 4.69) is 34.6 Å². The molecule has 172 valence electrons. The van der Waals surface area contributed by atoms with E-state index in [0.717, 1.165) is 42.9 Å². The Balaban J connectivity index is 1.35. The molecule has 1 saturated heterocycles. The quantitative estimate of drug-likeness (QED) is 0.574. The summed E-state index contributed by atoms with van der Waals surface area (Å²) in [6, 6.07) is 0. The molecular formula is C27H46O3. The maximum absolute atomic E-state index is 11.3. The summed E-state index contributed by atoms with van der Waals surface area (Å²) < 4.78 is 6.21. The Labute approximate surface area is 184 Å². The highest BCUT2D eigenvalue weighted by molar-refractivity contribution is 5.27. The summed E-state index contributed by atoms with van der Waals surface area (Å²) in [6.07, 6.45) is 11.4. The van der Waals surface area contributed by atoms with Crippen molar-refractivity contribution in [2.24, 2.45) is 46.3 Å². The molecule has 4 saturated carbocycles. The molecule has 0 aromatic rings. The van der Waals surface area contributed by atoms with Crippen LogP contribution in [0, 0.1) is 46.3 Å². The second-order valence-electron chi connectivity index (χ2n) is 13.0. The lowest BCUT2D eigenvalue weighted by atomic mass is 9.43. The molecule has 4 aliphatic carbocycles. The minimum Gasteiger partial charge on any atom is -0.390 e. The predicted molar refractivity (Wildman–Crippen MR) is 120 cm³/mol. The van der Waals surface area contributed by atoms with Crippen molar-refractivity contribution in [3.63, 3.8) is 0 Å². The van der Waals surface area contributed by atoms with Crippen LogP contribution in [0.4, 0.5) is 0 Å². The zero-order chi connectivity index (χ0) is 21.5. The summed E-state index contributed by atoms with van der Waals surface area (Å²) in [7, 11) is 0. The molecule has 30 heavy (non-hydrogen) atoms. The molecule has 3 nitrogen and oxygen atoms in total. The van der Waals surface area contributed by atoms with Gasteiger partial charge in [-0.25, -0.2) is 0 Å². The van der Waals surface area contributed by atoms with Crippen LogP contribution in [0.2, 0.25) is 0 Å². The number of ether oxygens (including phenoxy) is 1. The van der Waals surface area contributed by atoms with E-state index in [1.165, 1.54) is 44.9 Å². The van der Waals surface area contributed by atoms with Gasteiger partial charge in [0, 0.05) is 5.41 Å². The molecule has 0 aromatic carbocycles. The van der Waals surface area contributed by atoms with E-state index in [-0.39, 0.29) is 17.6 Å². The maximum Gasteiger partial charge on any atom is 0.129 e. The zero-order valence-corrected chi connectivity index (χ0v) is 20.1. The van der Waals surface area contributed by atoms with Crippen molar-refractivity contribution in [1.82, 2.24) is 0 Å². The lowest BCUT2D eigenvalue weighted by Gasteiger charge is -2.61. The Morgan fingerprint density at radius 3 is 2.43 bits per heavy atom. The van der Waals surface area contributed by atoms with Crippen LogP contribution < -0.4 is 0 Å². The Kier molecular flexibility index (Phi) is 5.20. The summed E-state index contributed by atoms with van der Waals surface area (Å²) in [5.74, 6) is 4.57. The molecule has 1 heterocycles. The van der Waals surface area contributed by atoms with Gasteiger partial charge in [-0.1, -0.05) is 53.9 Å². The van der Waals surface area contributed by atoms with Crippen molar-refractivity contribution in [3.8, 4) is 0 Å². The summed E-state index contributed by atoms with van der Waals surface area (Å²) in [5.41, 5.74) is 0.0558. The van der Waals surface area contributed by atoms with Crippen molar-refractivity contribution in [2.45, 2.75) is 123 Å².